The van der Waals surface area contributed by atoms with Crippen LogP contribution >= 0.6 is 0 Å². The molecule has 0 spiro atoms. The lowest BCUT2D eigenvalue weighted by atomic mass is 10.1. The molecule has 31 heavy (non-hydrogen) atoms. The molecule has 1 fully saturated rings. The molecule has 166 valence electrons. The van der Waals surface area contributed by atoms with E-state index in [4.69, 9.17) is 9.47 Å². The zero-order chi connectivity index (χ0) is 22.4. The van der Waals surface area contributed by atoms with Crippen molar-refractivity contribution in [3.63, 3.8) is 0 Å². The summed E-state index contributed by atoms with van der Waals surface area (Å²) in [6, 6.07) is 11.7. The normalized spacial score (nSPS) is 14.8. The van der Waals surface area contributed by atoms with Crippen LogP contribution in [-0.4, -0.2) is 57.2 Å². The Morgan fingerprint density at radius 1 is 1.06 bits per heavy atom. The quantitative estimate of drug-likeness (QED) is 0.677. The summed E-state index contributed by atoms with van der Waals surface area (Å²) in [6.07, 6.45) is 3.36. The molecular weight excluding hydrogens is 390 g/mol. The molecule has 1 N–H and O–H groups in total. The van der Waals surface area contributed by atoms with Gasteiger partial charge in [-0.3, -0.25) is 4.79 Å². The van der Waals surface area contributed by atoms with Crippen LogP contribution in [0.2, 0.25) is 0 Å². The van der Waals surface area contributed by atoms with Crippen molar-refractivity contribution in [1.82, 2.24) is 4.90 Å². The third-order valence-electron chi connectivity index (χ3n) is 5.29. The van der Waals surface area contributed by atoms with Crippen LogP contribution < -0.4 is 19.7 Å². The van der Waals surface area contributed by atoms with Crippen molar-refractivity contribution < 1.29 is 14.3 Å². The van der Waals surface area contributed by atoms with Gasteiger partial charge in [0.25, 0.3) is 0 Å². The van der Waals surface area contributed by atoms with Gasteiger partial charge < -0.3 is 24.6 Å². The number of piperazine rings is 1. The Kier molecular flexibility index (Phi) is 7.58. The number of hydrogen-bond acceptors (Lipinski definition) is 5. The van der Waals surface area contributed by atoms with Crippen LogP contribution in [0.1, 0.15) is 25.0 Å². The molecule has 2 aromatic rings. The molecule has 1 heterocycles. The minimum atomic E-state index is -0.173. The van der Waals surface area contributed by atoms with Gasteiger partial charge in [0.2, 0.25) is 5.91 Å². The number of aryl methyl sites for hydroxylation is 1. The number of nitrogens with one attached hydrogen (secondary N) is 1. The van der Waals surface area contributed by atoms with Gasteiger partial charge in [-0.1, -0.05) is 6.07 Å². The number of benzene rings is 2. The minimum Gasteiger partial charge on any atom is -0.493 e. The topological polar surface area (TPSA) is 54.0 Å². The summed E-state index contributed by atoms with van der Waals surface area (Å²) < 4.78 is 11.1. The lowest BCUT2D eigenvalue weighted by Crippen LogP contribution is -2.44. The fourth-order valence-electron chi connectivity index (χ4n) is 3.63. The van der Waals surface area contributed by atoms with Gasteiger partial charge in [-0.15, -0.1) is 0 Å². The molecule has 0 aliphatic carbocycles. The molecule has 0 unspecified atom stereocenters. The molecular formula is C25H33N3O3. The number of ether oxygens (including phenoxy) is 2. The Labute approximate surface area is 185 Å². The number of hydrogen-bond donors (Lipinski definition) is 1. The van der Waals surface area contributed by atoms with Crippen molar-refractivity contribution in [2.24, 2.45) is 0 Å². The number of likely N-dealkylation sites (N-methyl/N-ethyl adjacent to an activating group) is 1. The van der Waals surface area contributed by atoms with Crippen LogP contribution in [0.5, 0.6) is 11.5 Å². The maximum Gasteiger partial charge on any atom is 0.248 e. The average molecular weight is 424 g/mol. The van der Waals surface area contributed by atoms with Crippen LogP contribution in [0.15, 0.2) is 42.5 Å². The second-order valence-corrected chi connectivity index (χ2v) is 8.19. The van der Waals surface area contributed by atoms with Crippen LogP contribution in [0, 0.1) is 6.92 Å². The third kappa shape index (κ3) is 6.25. The third-order valence-corrected chi connectivity index (χ3v) is 5.29. The standard InChI is InChI=1S/C25H33N3O3/c1-18(2)31-23-10-6-20(17-24(23)30-5)7-11-25(29)26-21-8-9-22(19(3)16-21)28-14-12-27(4)13-15-28/h6-11,16-18H,12-15H2,1-5H3,(H,26,29)/b11-7+. The Hall–Kier alpha value is -2.99. The molecule has 6 heteroatoms. The smallest absolute Gasteiger partial charge is 0.248 e. The van der Waals surface area contributed by atoms with E-state index in [1.165, 1.54) is 11.8 Å². The summed E-state index contributed by atoms with van der Waals surface area (Å²) in [7, 11) is 3.76. The Balaban J connectivity index is 1.62. The Bertz CT molecular complexity index is 932. The molecule has 0 atom stereocenters. The number of carbonyl (C=O) groups is 1. The van der Waals surface area contributed by atoms with Gasteiger partial charge in [0.15, 0.2) is 11.5 Å². The van der Waals surface area contributed by atoms with Crippen molar-refractivity contribution in [1.29, 1.82) is 0 Å². The van der Waals surface area contributed by atoms with Gasteiger partial charge in [-0.05, 0) is 75.4 Å². The number of carbonyl (C=O) groups excluding carboxylic acids is 1. The number of rotatable bonds is 7. The fourth-order valence-corrected chi connectivity index (χ4v) is 3.63. The summed E-state index contributed by atoms with van der Waals surface area (Å²) in [5.74, 6) is 1.16. The zero-order valence-corrected chi connectivity index (χ0v) is 19.1. The summed E-state index contributed by atoms with van der Waals surface area (Å²) in [5, 5.41) is 2.95. The number of amides is 1. The van der Waals surface area contributed by atoms with Gasteiger partial charge in [0.1, 0.15) is 0 Å². The largest absolute Gasteiger partial charge is 0.493 e. The van der Waals surface area contributed by atoms with E-state index in [-0.39, 0.29) is 12.0 Å². The van der Waals surface area contributed by atoms with E-state index in [1.54, 1.807) is 13.2 Å². The first-order valence-corrected chi connectivity index (χ1v) is 10.7. The minimum absolute atomic E-state index is 0.0622. The summed E-state index contributed by atoms with van der Waals surface area (Å²) in [4.78, 5) is 17.2. The van der Waals surface area contributed by atoms with Gasteiger partial charge >= 0.3 is 0 Å². The lowest BCUT2D eigenvalue weighted by Gasteiger charge is -2.35. The van der Waals surface area contributed by atoms with E-state index in [1.807, 2.05) is 44.2 Å². The molecule has 1 aliphatic heterocycles. The molecule has 0 bridgehead atoms. The van der Waals surface area contributed by atoms with E-state index >= 15 is 0 Å². The van der Waals surface area contributed by atoms with Crippen LogP contribution in [-0.2, 0) is 4.79 Å². The first-order chi connectivity index (χ1) is 14.9. The molecule has 0 radical (unpaired) electrons. The van der Waals surface area contributed by atoms with Crippen molar-refractivity contribution >= 4 is 23.4 Å². The summed E-state index contributed by atoms with van der Waals surface area (Å²) in [6.45, 7) is 10.2. The fraction of sp³-hybridized carbons (Fsp3) is 0.400. The predicted octanol–water partition coefficient (Wildman–Crippen LogP) is 4.19. The Morgan fingerprint density at radius 2 is 1.81 bits per heavy atom. The number of anilines is 2. The number of nitrogens with zero attached hydrogens (tertiary/aromatic N) is 2. The second kappa shape index (κ2) is 10.4. The van der Waals surface area contributed by atoms with E-state index in [0.717, 1.165) is 43.0 Å². The van der Waals surface area contributed by atoms with Crippen molar-refractivity contribution in [2.45, 2.75) is 26.9 Å². The number of methoxy groups -OCH3 is 1. The van der Waals surface area contributed by atoms with Crippen molar-refractivity contribution in [3.8, 4) is 11.5 Å². The van der Waals surface area contributed by atoms with E-state index in [9.17, 15) is 4.79 Å². The maximum atomic E-state index is 12.4. The van der Waals surface area contributed by atoms with Crippen molar-refractivity contribution in [3.05, 3.63) is 53.6 Å². The molecule has 0 saturated carbocycles. The van der Waals surface area contributed by atoms with Gasteiger partial charge in [0.05, 0.1) is 13.2 Å². The zero-order valence-electron chi connectivity index (χ0n) is 19.1. The van der Waals surface area contributed by atoms with Crippen molar-refractivity contribution in [2.75, 3.05) is 50.6 Å². The highest BCUT2D eigenvalue weighted by Crippen LogP contribution is 2.29. The van der Waals surface area contributed by atoms with Crippen LogP contribution in [0.25, 0.3) is 6.08 Å². The second-order valence-electron chi connectivity index (χ2n) is 8.19. The van der Waals surface area contributed by atoms with Gasteiger partial charge in [0, 0.05) is 43.6 Å². The highest BCUT2D eigenvalue weighted by molar-refractivity contribution is 6.02. The lowest BCUT2D eigenvalue weighted by molar-refractivity contribution is -0.111. The maximum absolute atomic E-state index is 12.4. The van der Waals surface area contributed by atoms with Gasteiger partial charge in [-0.2, -0.15) is 0 Å². The average Bonchev–Trinajstić information content (AvgIpc) is 2.73. The SMILES string of the molecule is COc1cc(/C=C/C(=O)Nc2ccc(N3CCN(C)CC3)c(C)c2)ccc1OC(C)C. The summed E-state index contributed by atoms with van der Waals surface area (Å²) in [5.41, 5.74) is 4.06. The first kappa shape index (κ1) is 22.7. The van der Waals surface area contributed by atoms with E-state index in [2.05, 4.69) is 35.2 Å². The highest BCUT2D eigenvalue weighted by Gasteiger charge is 2.16. The molecule has 2 aromatic carbocycles. The van der Waals surface area contributed by atoms with Crippen LogP contribution in [0.4, 0.5) is 11.4 Å². The van der Waals surface area contributed by atoms with E-state index < -0.39 is 0 Å². The monoisotopic (exact) mass is 423 g/mol. The highest BCUT2D eigenvalue weighted by atomic mass is 16.5. The Morgan fingerprint density at radius 3 is 2.45 bits per heavy atom. The molecule has 0 aromatic heterocycles. The molecule has 6 nitrogen and oxygen atoms in total. The molecule has 1 aliphatic rings. The van der Waals surface area contributed by atoms with E-state index in [0.29, 0.717) is 11.5 Å². The molecule has 3 rings (SSSR count). The first-order valence-electron chi connectivity index (χ1n) is 10.7. The summed E-state index contributed by atoms with van der Waals surface area (Å²) >= 11 is 0. The molecule has 1 saturated heterocycles. The van der Waals surface area contributed by atoms with Gasteiger partial charge in [-0.25, -0.2) is 0 Å². The van der Waals surface area contributed by atoms with Crippen LogP contribution in [0.3, 0.4) is 0 Å². The molecule has 1 amide bonds. The predicted molar refractivity (Wildman–Crippen MR) is 127 cm³/mol.